The van der Waals surface area contributed by atoms with Crippen molar-refractivity contribution in [1.82, 2.24) is 4.98 Å². The number of aromatic nitrogens is 1. The van der Waals surface area contributed by atoms with E-state index in [0.29, 0.717) is 0 Å². The summed E-state index contributed by atoms with van der Waals surface area (Å²) in [6.07, 6.45) is 0. The predicted octanol–water partition coefficient (Wildman–Crippen LogP) is 5.93. The Labute approximate surface area is 125 Å². The number of hydrogen-bond acceptors (Lipinski definition) is 2. The molecule has 3 aromatic heterocycles. The minimum absolute atomic E-state index is 1.21. The van der Waals surface area contributed by atoms with E-state index in [1.165, 1.54) is 36.8 Å². The summed E-state index contributed by atoms with van der Waals surface area (Å²) < 4.78 is 0. The average Bonchev–Trinajstić information content (AvgIpc) is 3.17. The normalized spacial score (nSPS) is 11.2. The van der Waals surface area contributed by atoms with Crippen LogP contribution < -0.4 is 0 Å². The molecule has 0 saturated carbocycles. The van der Waals surface area contributed by atoms with Crippen LogP contribution in [0, 0.1) is 6.92 Å². The van der Waals surface area contributed by atoms with Gasteiger partial charge in [-0.1, -0.05) is 24.3 Å². The molecule has 1 N–H and O–H groups in total. The van der Waals surface area contributed by atoms with E-state index in [2.05, 4.69) is 65.8 Å². The minimum Gasteiger partial charge on any atom is -0.354 e. The van der Waals surface area contributed by atoms with Gasteiger partial charge in [0.15, 0.2) is 0 Å². The number of fused-ring (bicyclic) bond motifs is 1. The largest absolute Gasteiger partial charge is 0.354 e. The van der Waals surface area contributed by atoms with Gasteiger partial charge in [0.1, 0.15) is 0 Å². The Morgan fingerprint density at radius 2 is 1.70 bits per heavy atom. The zero-order chi connectivity index (χ0) is 13.5. The van der Waals surface area contributed by atoms with E-state index in [1.807, 2.05) is 11.3 Å². The second-order valence-electron chi connectivity index (χ2n) is 4.81. The molecule has 1 nitrogen and oxygen atoms in total. The van der Waals surface area contributed by atoms with E-state index < -0.39 is 0 Å². The number of aromatic amines is 1. The highest BCUT2D eigenvalue weighted by Crippen LogP contribution is 2.38. The van der Waals surface area contributed by atoms with Crippen LogP contribution >= 0.6 is 22.7 Å². The Kier molecular flexibility index (Phi) is 2.76. The molecule has 4 aromatic rings. The van der Waals surface area contributed by atoms with Gasteiger partial charge >= 0.3 is 0 Å². The number of nitrogens with one attached hydrogen (secondary N) is 1. The van der Waals surface area contributed by atoms with Crippen LogP contribution in [0.2, 0.25) is 0 Å². The topological polar surface area (TPSA) is 15.8 Å². The molecule has 0 radical (unpaired) electrons. The number of aryl methyl sites for hydroxylation is 1. The first-order valence-corrected chi connectivity index (χ1v) is 8.24. The first-order chi connectivity index (χ1) is 9.83. The van der Waals surface area contributed by atoms with Crippen LogP contribution in [-0.2, 0) is 0 Å². The lowest BCUT2D eigenvalue weighted by molar-refractivity contribution is 1.43. The number of H-pyrrole nitrogens is 1. The van der Waals surface area contributed by atoms with E-state index in [9.17, 15) is 0 Å². The van der Waals surface area contributed by atoms with E-state index in [-0.39, 0.29) is 0 Å². The van der Waals surface area contributed by atoms with Crippen molar-refractivity contribution < 1.29 is 0 Å². The zero-order valence-electron chi connectivity index (χ0n) is 11.0. The molecular weight excluding hydrogens is 282 g/mol. The third kappa shape index (κ3) is 1.82. The maximum Gasteiger partial charge on any atom is 0.0596 e. The summed E-state index contributed by atoms with van der Waals surface area (Å²) in [6, 6.07) is 17.2. The molecule has 0 aliphatic heterocycles. The molecule has 0 unspecified atom stereocenters. The first-order valence-electron chi connectivity index (χ1n) is 6.54. The fourth-order valence-corrected chi connectivity index (χ4v) is 4.45. The second kappa shape index (κ2) is 4.62. The number of benzene rings is 1. The smallest absolute Gasteiger partial charge is 0.0596 e. The lowest BCUT2D eigenvalue weighted by atomic mass is 10.1. The van der Waals surface area contributed by atoms with Crippen molar-refractivity contribution in [3.63, 3.8) is 0 Å². The van der Waals surface area contributed by atoms with Crippen LogP contribution in [0.5, 0.6) is 0 Å². The van der Waals surface area contributed by atoms with Crippen LogP contribution in [0.1, 0.15) is 5.56 Å². The van der Waals surface area contributed by atoms with Gasteiger partial charge in [0.25, 0.3) is 0 Å². The highest BCUT2D eigenvalue weighted by atomic mass is 32.1. The van der Waals surface area contributed by atoms with Crippen molar-refractivity contribution in [3.8, 4) is 20.3 Å². The van der Waals surface area contributed by atoms with Crippen molar-refractivity contribution in [3.05, 3.63) is 59.5 Å². The van der Waals surface area contributed by atoms with Gasteiger partial charge in [0, 0.05) is 20.7 Å². The van der Waals surface area contributed by atoms with Crippen LogP contribution in [0.25, 0.3) is 31.2 Å². The monoisotopic (exact) mass is 295 g/mol. The molecule has 3 heterocycles. The molecule has 0 aliphatic carbocycles. The molecule has 98 valence electrons. The lowest BCUT2D eigenvalue weighted by Gasteiger charge is -1.95. The van der Waals surface area contributed by atoms with Crippen molar-refractivity contribution >= 4 is 33.6 Å². The molecule has 20 heavy (non-hydrogen) atoms. The molecule has 0 bridgehead atoms. The zero-order valence-corrected chi connectivity index (χ0v) is 12.6. The summed E-state index contributed by atoms with van der Waals surface area (Å²) in [5, 5.41) is 3.44. The number of thiophene rings is 2. The van der Waals surface area contributed by atoms with Gasteiger partial charge in [-0.2, -0.15) is 0 Å². The van der Waals surface area contributed by atoms with Crippen molar-refractivity contribution in [1.29, 1.82) is 0 Å². The lowest BCUT2D eigenvalue weighted by Crippen LogP contribution is -1.74. The fourth-order valence-electron chi connectivity index (χ4n) is 2.55. The third-order valence-electron chi connectivity index (χ3n) is 3.58. The summed E-state index contributed by atoms with van der Waals surface area (Å²) in [4.78, 5) is 7.54. The summed E-state index contributed by atoms with van der Waals surface area (Å²) >= 11 is 3.65. The van der Waals surface area contributed by atoms with E-state index in [0.717, 1.165) is 0 Å². The number of hydrogen-bond donors (Lipinski definition) is 1. The van der Waals surface area contributed by atoms with Gasteiger partial charge in [0.05, 0.1) is 10.6 Å². The van der Waals surface area contributed by atoms with E-state index in [1.54, 1.807) is 11.3 Å². The summed E-state index contributed by atoms with van der Waals surface area (Å²) in [5.74, 6) is 0. The molecule has 0 atom stereocenters. The second-order valence-corrected chi connectivity index (χ2v) is 6.84. The molecular formula is C17H13NS2. The first kappa shape index (κ1) is 11.9. The maximum atomic E-state index is 3.55. The molecule has 0 saturated heterocycles. The highest BCUT2D eigenvalue weighted by Gasteiger charge is 2.12. The molecule has 1 aromatic carbocycles. The standard InChI is InChI=1S/C17H13NS2/c1-11-12-5-2-3-6-13(12)18-17(11)16-9-8-15(20-16)14-7-4-10-19-14/h2-10,18H,1H3. The minimum atomic E-state index is 1.21. The molecule has 3 heteroatoms. The Balaban J connectivity index is 1.85. The van der Waals surface area contributed by atoms with E-state index in [4.69, 9.17) is 0 Å². The highest BCUT2D eigenvalue weighted by molar-refractivity contribution is 7.23. The molecule has 0 aliphatic rings. The fraction of sp³-hybridized carbons (Fsp3) is 0.0588. The SMILES string of the molecule is Cc1c(-c2ccc(-c3cccs3)s2)[nH]c2ccccc12. The van der Waals surface area contributed by atoms with Crippen molar-refractivity contribution in [2.75, 3.05) is 0 Å². The molecule has 0 spiro atoms. The van der Waals surface area contributed by atoms with Crippen molar-refractivity contribution in [2.45, 2.75) is 6.92 Å². The van der Waals surface area contributed by atoms with Crippen LogP contribution in [-0.4, -0.2) is 4.98 Å². The van der Waals surface area contributed by atoms with Crippen molar-refractivity contribution in [2.24, 2.45) is 0 Å². The summed E-state index contributed by atoms with van der Waals surface area (Å²) in [5.41, 5.74) is 3.80. The Morgan fingerprint density at radius 1 is 0.850 bits per heavy atom. The van der Waals surface area contributed by atoms with Gasteiger partial charge in [-0.05, 0) is 42.1 Å². The van der Waals surface area contributed by atoms with Crippen LogP contribution in [0.4, 0.5) is 0 Å². The maximum absolute atomic E-state index is 3.55. The average molecular weight is 295 g/mol. The van der Waals surface area contributed by atoms with Crippen LogP contribution in [0.3, 0.4) is 0 Å². The van der Waals surface area contributed by atoms with Gasteiger partial charge in [-0.25, -0.2) is 0 Å². The van der Waals surface area contributed by atoms with Gasteiger partial charge in [0.2, 0.25) is 0 Å². The predicted molar refractivity (Wildman–Crippen MR) is 89.7 cm³/mol. The van der Waals surface area contributed by atoms with E-state index >= 15 is 0 Å². The Bertz CT molecular complexity index is 866. The summed E-state index contributed by atoms with van der Waals surface area (Å²) in [6.45, 7) is 2.19. The third-order valence-corrected chi connectivity index (χ3v) is 5.75. The quantitative estimate of drug-likeness (QED) is 0.471. The molecule has 0 amide bonds. The van der Waals surface area contributed by atoms with Crippen LogP contribution in [0.15, 0.2) is 53.9 Å². The molecule has 0 fully saturated rings. The molecule has 4 rings (SSSR count). The van der Waals surface area contributed by atoms with Gasteiger partial charge in [-0.15, -0.1) is 22.7 Å². The number of para-hydroxylation sites is 1. The van der Waals surface area contributed by atoms with Gasteiger partial charge < -0.3 is 4.98 Å². The summed E-state index contributed by atoms with van der Waals surface area (Å²) in [7, 11) is 0. The Hall–Kier alpha value is -1.84. The number of rotatable bonds is 2. The Morgan fingerprint density at radius 3 is 2.50 bits per heavy atom. The van der Waals surface area contributed by atoms with Gasteiger partial charge in [-0.3, -0.25) is 0 Å².